The molecule has 1 aromatic carbocycles. The van der Waals surface area contributed by atoms with Gasteiger partial charge in [0, 0.05) is 10.6 Å². The van der Waals surface area contributed by atoms with Gasteiger partial charge in [-0.05, 0) is 50.3 Å². The van der Waals surface area contributed by atoms with Gasteiger partial charge in [-0.3, -0.25) is 20.2 Å². The lowest BCUT2D eigenvalue weighted by Gasteiger charge is -2.17. The van der Waals surface area contributed by atoms with Crippen molar-refractivity contribution in [3.8, 4) is 5.75 Å². The number of hydrogen-bond acceptors (Lipinski definition) is 4. The Morgan fingerprint density at radius 2 is 1.86 bits per heavy atom. The van der Waals surface area contributed by atoms with Gasteiger partial charge in [-0.1, -0.05) is 11.6 Å². The van der Waals surface area contributed by atoms with Gasteiger partial charge in [-0.2, -0.15) is 0 Å². The molecule has 5 nitrogen and oxygen atoms in total. The minimum Gasteiger partial charge on any atom is -0.490 e. The van der Waals surface area contributed by atoms with Gasteiger partial charge in [0.1, 0.15) is 11.3 Å². The Hall–Kier alpha value is -1.92. The number of nitrogens with one attached hydrogen (secondary N) is 2. The molecule has 2 rings (SSSR count). The molecule has 1 fully saturated rings. The monoisotopic (exact) mass is 324 g/mol. The van der Waals surface area contributed by atoms with Gasteiger partial charge >= 0.3 is 0 Å². The Morgan fingerprint density at radius 3 is 2.43 bits per heavy atom. The number of amides is 2. The summed E-state index contributed by atoms with van der Waals surface area (Å²) in [6.45, 7) is 3.76. The summed E-state index contributed by atoms with van der Waals surface area (Å²) in [5.74, 6) is -0.575. The van der Waals surface area contributed by atoms with Gasteiger partial charge in [-0.25, -0.2) is 0 Å². The fourth-order valence-corrected chi connectivity index (χ4v) is 2.12. The van der Waals surface area contributed by atoms with Gasteiger partial charge in [0.15, 0.2) is 5.11 Å². The predicted octanol–water partition coefficient (Wildman–Crippen LogP) is 2.04. The van der Waals surface area contributed by atoms with Crippen LogP contribution in [-0.2, 0) is 9.59 Å². The van der Waals surface area contributed by atoms with Crippen LogP contribution in [0, 0.1) is 0 Å². The van der Waals surface area contributed by atoms with E-state index in [0.29, 0.717) is 16.3 Å². The lowest BCUT2D eigenvalue weighted by Crippen LogP contribution is -2.51. The normalized spacial score (nSPS) is 14.9. The first-order chi connectivity index (χ1) is 9.86. The van der Waals surface area contributed by atoms with Crippen molar-refractivity contribution < 1.29 is 14.3 Å². The molecule has 0 saturated carbocycles. The Kier molecular flexibility index (Phi) is 4.59. The molecule has 1 aromatic rings. The molecule has 0 atom stereocenters. The van der Waals surface area contributed by atoms with Crippen LogP contribution >= 0.6 is 23.8 Å². The maximum absolute atomic E-state index is 11.8. The zero-order valence-corrected chi connectivity index (χ0v) is 13.0. The zero-order chi connectivity index (χ0) is 15.6. The number of thiocarbonyl (C=S) groups is 1. The Labute approximate surface area is 132 Å². The summed E-state index contributed by atoms with van der Waals surface area (Å²) in [5, 5.41) is 5.22. The van der Waals surface area contributed by atoms with Crippen LogP contribution in [0.15, 0.2) is 23.8 Å². The first-order valence-electron chi connectivity index (χ1n) is 6.21. The van der Waals surface area contributed by atoms with Crippen LogP contribution in [0.4, 0.5) is 0 Å². The number of rotatable bonds is 3. The van der Waals surface area contributed by atoms with E-state index < -0.39 is 11.8 Å². The van der Waals surface area contributed by atoms with E-state index in [0.717, 1.165) is 0 Å². The average Bonchev–Trinajstić information content (AvgIpc) is 2.36. The van der Waals surface area contributed by atoms with Crippen molar-refractivity contribution in [2.45, 2.75) is 20.0 Å². The van der Waals surface area contributed by atoms with E-state index in [2.05, 4.69) is 10.6 Å². The van der Waals surface area contributed by atoms with E-state index in [4.69, 9.17) is 28.6 Å². The largest absolute Gasteiger partial charge is 0.490 e. The number of benzene rings is 1. The van der Waals surface area contributed by atoms with Crippen LogP contribution in [0.25, 0.3) is 6.08 Å². The van der Waals surface area contributed by atoms with Crippen LogP contribution in [0.2, 0.25) is 5.02 Å². The summed E-state index contributed by atoms with van der Waals surface area (Å²) in [6.07, 6.45) is 1.38. The number of carbonyl (C=O) groups is 2. The van der Waals surface area contributed by atoms with Crippen LogP contribution in [0.3, 0.4) is 0 Å². The first kappa shape index (κ1) is 15.5. The summed E-state index contributed by atoms with van der Waals surface area (Å²) < 4.78 is 5.64. The molecule has 0 unspecified atom stereocenters. The van der Waals surface area contributed by atoms with Gasteiger partial charge in [0.2, 0.25) is 0 Å². The van der Waals surface area contributed by atoms with Crippen LogP contribution < -0.4 is 15.4 Å². The fourth-order valence-electron chi connectivity index (χ4n) is 1.76. The first-order valence-corrected chi connectivity index (χ1v) is 7.00. The van der Waals surface area contributed by atoms with E-state index in [1.165, 1.54) is 6.08 Å². The molecule has 21 heavy (non-hydrogen) atoms. The quantitative estimate of drug-likeness (QED) is 0.507. The summed E-state index contributed by atoms with van der Waals surface area (Å²) in [6, 6.07) is 5.00. The second-order valence-electron chi connectivity index (χ2n) is 4.64. The lowest BCUT2D eigenvalue weighted by atomic mass is 10.1. The van der Waals surface area contributed by atoms with Gasteiger partial charge < -0.3 is 4.74 Å². The molecule has 7 heteroatoms. The Bertz CT molecular complexity index is 634. The Balaban J connectivity index is 2.43. The van der Waals surface area contributed by atoms with E-state index in [1.807, 2.05) is 13.8 Å². The highest BCUT2D eigenvalue weighted by molar-refractivity contribution is 7.80. The highest BCUT2D eigenvalue weighted by Crippen LogP contribution is 2.26. The third-order valence-corrected chi connectivity index (χ3v) is 3.02. The number of ether oxygens (including phenoxy) is 1. The summed E-state index contributed by atoms with van der Waals surface area (Å²) in [7, 11) is 0. The maximum atomic E-state index is 11.8. The van der Waals surface area contributed by atoms with E-state index in [-0.39, 0.29) is 16.8 Å². The maximum Gasteiger partial charge on any atom is 0.263 e. The van der Waals surface area contributed by atoms with E-state index in [1.54, 1.807) is 18.2 Å². The van der Waals surface area contributed by atoms with Crippen molar-refractivity contribution in [3.63, 3.8) is 0 Å². The molecule has 1 aliphatic heterocycles. The third kappa shape index (κ3) is 3.80. The van der Waals surface area contributed by atoms with E-state index >= 15 is 0 Å². The van der Waals surface area contributed by atoms with E-state index in [9.17, 15) is 9.59 Å². The molecule has 1 saturated heterocycles. The molecular weight excluding hydrogens is 312 g/mol. The molecule has 1 aliphatic rings. The smallest absolute Gasteiger partial charge is 0.263 e. The molecule has 2 amide bonds. The van der Waals surface area contributed by atoms with Crippen molar-refractivity contribution in [2.24, 2.45) is 0 Å². The van der Waals surface area contributed by atoms with Gasteiger partial charge in [-0.15, -0.1) is 0 Å². The van der Waals surface area contributed by atoms with Crippen LogP contribution in [0.5, 0.6) is 5.75 Å². The summed E-state index contributed by atoms with van der Waals surface area (Å²) >= 11 is 10.7. The molecule has 0 aliphatic carbocycles. The van der Waals surface area contributed by atoms with Crippen molar-refractivity contribution in [3.05, 3.63) is 34.4 Å². The number of hydrogen-bond donors (Lipinski definition) is 2. The number of halogens is 1. The highest BCUT2D eigenvalue weighted by Gasteiger charge is 2.26. The molecule has 1 heterocycles. The second-order valence-corrected chi connectivity index (χ2v) is 5.49. The topological polar surface area (TPSA) is 67.4 Å². The molecule has 0 spiro atoms. The summed E-state index contributed by atoms with van der Waals surface area (Å²) in [5.41, 5.74) is 0.490. The molecule has 2 N–H and O–H groups in total. The van der Waals surface area contributed by atoms with Crippen molar-refractivity contribution >= 4 is 46.8 Å². The third-order valence-electron chi connectivity index (χ3n) is 2.58. The average molecular weight is 325 g/mol. The molecule has 110 valence electrons. The second kappa shape index (κ2) is 6.24. The molecule has 0 radical (unpaired) electrons. The predicted molar refractivity (Wildman–Crippen MR) is 84.1 cm³/mol. The van der Waals surface area contributed by atoms with Crippen LogP contribution in [0.1, 0.15) is 19.4 Å². The van der Waals surface area contributed by atoms with Crippen molar-refractivity contribution in [1.29, 1.82) is 0 Å². The number of carbonyl (C=O) groups excluding carboxylic acids is 2. The molecule has 0 bridgehead atoms. The minimum absolute atomic E-state index is 0.00750. The molecule has 0 aromatic heterocycles. The SMILES string of the molecule is CC(C)Oc1ccc(Cl)cc1C=C1C(=O)NC(=S)NC1=O. The minimum atomic E-state index is -0.556. The van der Waals surface area contributed by atoms with Crippen molar-refractivity contribution in [2.75, 3.05) is 0 Å². The van der Waals surface area contributed by atoms with Crippen molar-refractivity contribution in [1.82, 2.24) is 10.6 Å². The lowest BCUT2D eigenvalue weighted by molar-refractivity contribution is -0.123. The van der Waals surface area contributed by atoms with Gasteiger partial charge in [0.05, 0.1) is 6.10 Å². The van der Waals surface area contributed by atoms with Gasteiger partial charge in [0.25, 0.3) is 11.8 Å². The molecular formula is C14H13ClN2O3S. The standard InChI is InChI=1S/C14H13ClN2O3S/c1-7(2)20-11-4-3-9(15)5-8(11)6-10-12(18)16-14(21)17-13(10)19/h3-7H,1-2H3,(H2,16,17,18,19,21). The fraction of sp³-hybridized carbons (Fsp3) is 0.214. The summed E-state index contributed by atoms with van der Waals surface area (Å²) in [4.78, 5) is 23.7. The Morgan fingerprint density at radius 1 is 1.24 bits per heavy atom. The van der Waals surface area contributed by atoms with Crippen LogP contribution in [-0.4, -0.2) is 23.0 Å². The zero-order valence-electron chi connectivity index (χ0n) is 11.4. The highest BCUT2D eigenvalue weighted by atomic mass is 35.5.